The third kappa shape index (κ3) is 8.61. The van der Waals surface area contributed by atoms with Crippen molar-refractivity contribution in [3.05, 3.63) is 93.8 Å². The molecule has 0 bridgehead atoms. The van der Waals surface area contributed by atoms with Gasteiger partial charge in [-0.1, -0.05) is 29.8 Å². The van der Waals surface area contributed by atoms with E-state index in [9.17, 15) is 4.79 Å². The predicted molar refractivity (Wildman–Crippen MR) is 172 cm³/mol. The van der Waals surface area contributed by atoms with Crippen LogP contribution >= 0.6 is 11.6 Å². The van der Waals surface area contributed by atoms with Crippen molar-refractivity contribution in [1.82, 2.24) is 25.2 Å². The number of nitrogens with two attached hydrogens (primary N) is 1. The summed E-state index contributed by atoms with van der Waals surface area (Å²) < 4.78 is 21.5. The Morgan fingerprint density at radius 3 is 2.72 bits per heavy atom. The first-order valence-electron chi connectivity index (χ1n) is 14.3. The zero-order valence-electron chi connectivity index (χ0n) is 24.6. The maximum Gasteiger partial charge on any atom is 0.354 e. The van der Waals surface area contributed by atoms with E-state index >= 15 is 4.39 Å². The largest absolute Gasteiger partial charge is 0.377 e. The van der Waals surface area contributed by atoms with E-state index in [2.05, 4.69) is 27.2 Å². The zero-order valence-corrected chi connectivity index (χ0v) is 25.3. The van der Waals surface area contributed by atoms with Crippen molar-refractivity contribution in [3.8, 4) is 16.9 Å². The van der Waals surface area contributed by atoms with Crippen LogP contribution in [0, 0.1) is 11.2 Å². The second kappa shape index (κ2) is 15.1. The fourth-order valence-electron chi connectivity index (χ4n) is 4.84. The number of hydrogen-bond acceptors (Lipinski definition) is 6. The van der Waals surface area contributed by atoms with Crippen molar-refractivity contribution >= 4 is 28.5 Å². The van der Waals surface area contributed by atoms with Crippen LogP contribution in [0.1, 0.15) is 37.3 Å². The van der Waals surface area contributed by atoms with E-state index in [4.69, 9.17) is 27.5 Å². The van der Waals surface area contributed by atoms with Gasteiger partial charge in [0.15, 0.2) is 5.82 Å². The normalized spacial score (nSPS) is 12.8. The summed E-state index contributed by atoms with van der Waals surface area (Å²) in [5.41, 5.74) is 9.24. The summed E-state index contributed by atoms with van der Waals surface area (Å²) in [6, 6.07) is 13.0. The number of ether oxygens (including phenoxy) is 1. The molecular formula is C32H39ClFN7O2. The van der Waals surface area contributed by atoms with Crippen LogP contribution in [0.25, 0.3) is 28.0 Å². The lowest BCUT2D eigenvalue weighted by Crippen LogP contribution is -2.33. The minimum atomic E-state index is -0.524. The average Bonchev–Trinajstić information content (AvgIpc) is 3.39. The first kappa shape index (κ1) is 32.1. The van der Waals surface area contributed by atoms with Crippen LogP contribution in [0.3, 0.4) is 0 Å². The molecule has 2 atom stereocenters. The number of nitrogens with one attached hydrogen (secondary N) is 4. The summed E-state index contributed by atoms with van der Waals surface area (Å²) in [4.78, 5) is 20.2. The van der Waals surface area contributed by atoms with Crippen LogP contribution in [0.15, 0.2) is 66.1 Å². The third-order valence-electron chi connectivity index (χ3n) is 7.16. The number of hydrogen-bond donors (Lipinski definition) is 5. The molecule has 0 saturated carbocycles. The number of halogens is 2. The molecule has 9 nitrogen and oxygen atoms in total. The number of benzene rings is 2. The molecule has 0 fully saturated rings. The lowest BCUT2D eigenvalue weighted by molar-refractivity contribution is 0.241. The summed E-state index contributed by atoms with van der Waals surface area (Å²) in [7, 11) is 1.56. The molecule has 2 aromatic heterocycles. The van der Waals surface area contributed by atoms with Gasteiger partial charge in [0.25, 0.3) is 0 Å². The van der Waals surface area contributed by atoms with Crippen LogP contribution in [-0.2, 0) is 17.7 Å². The molecular weight excluding hydrogens is 569 g/mol. The fourth-order valence-corrected chi connectivity index (χ4v) is 5.08. The Morgan fingerprint density at radius 2 is 2.02 bits per heavy atom. The van der Waals surface area contributed by atoms with Gasteiger partial charge in [-0.05, 0) is 74.1 Å². The fraction of sp³-hybridized carbons (Fsp3) is 0.344. The van der Waals surface area contributed by atoms with Crippen molar-refractivity contribution in [2.24, 2.45) is 5.73 Å². The molecule has 228 valence electrons. The van der Waals surface area contributed by atoms with Gasteiger partial charge in [-0.3, -0.25) is 9.98 Å². The van der Waals surface area contributed by atoms with Crippen molar-refractivity contribution < 1.29 is 9.13 Å². The van der Waals surface area contributed by atoms with E-state index in [0.717, 1.165) is 36.8 Å². The van der Waals surface area contributed by atoms with E-state index < -0.39 is 11.5 Å². The summed E-state index contributed by atoms with van der Waals surface area (Å²) in [6.45, 7) is 7.35. The van der Waals surface area contributed by atoms with Crippen LogP contribution < -0.4 is 22.1 Å². The minimum absolute atomic E-state index is 0.0488. The zero-order chi connectivity index (χ0) is 30.9. The van der Waals surface area contributed by atoms with E-state index in [1.54, 1.807) is 31.5 Å². The van der Waals surface area contributed by atoms with Gasteiger partial charge < -0.3 is 26.1 Å². The Balaban J connectivity index is 1.47. The van der Waals surface area contributed by atoms with Gasteiger partial charge in [-0.15, -0.1) is 6.58 Å². The molecule has 0 saturated heterocycles. The maximum atomic E-state index is 15.1. The first-order chi connectivity index (χ1) is 20.7. The van der Waals surface area contributed by atoms with Crippen molar-refractivity contribution in [2.45, 2.75) is 51.2 Å². The summed E-state index contributed by atoms with van der Waals surface area (Å²) in [5, 5.41) is 14.9. The molecule has 11 heteroatoms. The van der Waals surface area contributed by atoms with E-state index in [1.165, 1.54) is 4.57 Å². The maximum absolute atomic E-state index is 15.1. The van der Waals surface area contributed by atoms with Crippen LogP contribution in [0.2, 0.25) is 5.02 Å². The average molecular weight is 608 g/mol. The van der Waals surface area contributed by atoms with Crippen LogP contribution in [0.5, 0.6) is 0 Å². The molecule has 0 aliphatic rings. The molecule has 0 spiro atoms. The second-order valence-electron chi connectivity index (χ2n) is 10.7. The number of rotatable bonds is 15. The number of amidine groups is 1. The number of nitrogens with zero attached hydrogens (tertiary/aromatic N) is 2. The van der Waals surface area contributed by atoms with Crippen molar-refractivity contribution in [2.75, 3.05) is 20.3 Å². The SMILES string of the molecule is C=C[C@@H](CCNC(=N)COC)NCc1ccc(-n2cc3cc(-c4cc(CCC[C@H](C)N)cc(Cl)c4F)[nH]c3nc2=O)cc1. The standard InChI is InChI=1S/C32H39ClFN7O2/c1-4-24(12-13-37-29(36)19-43-3)38-17-21-8-10-25(11-9-21)41-18-23-16-28(39-31(23)40-32(41)42)26-14-22(7-5-6-20(2)35)15-27(33)30(26)34/h4,8-11,14-16,18,20,24,38H,1,5-7,12-13,17,19,35H2,2-3H3,(H2,36,37)(H,39,40,42)/t20-,24-/m0/s1. The van der Waals surface area contributed by atoms with E-state index in [1.807, 2.05) is 37.3 Å². The number of aryl methyl sites for hydroxylation is 1. The quantitative estimate of drug-likeness (QED) is 0.0726. The van der Waals surface area contributed by atoms with Gasteiger partial charge >= 0.3 is 5.69 Å². The molecule has 2 heterocycles. The summed E-state index contributed by atoms with van der Waals surface area (Å²) in [6.07, 6.45) is 6.78. The topological polar surface area (TPSA) is 134 Å². The third-order valence-corrected chi connectivity index (χ3v) is 7.44. The van der Waals surface area contributed by atoms with Crippen molar-refractivity contribution in [1.29, 1.82) is 5.41 Å². The lowest BCUT2D eigenvalue weighted by atomic mass is 10.0. The highest BCUT2D eigenvalue weighted by Gasteiger charge is 2.16. The van der Waals surface area contributed by atoms with E-state index in [0.29, 0.717) is 46.9 Å². The van der Waals surface area contributed by atoms with Gasteiger partial charge in [-0.2, -0.15) is 4.98 Å². The van der Waals surface area contributed by atoms with Crippen LogP contribution in [-0.4, -0.2) is 52.7 Å². The molecule has 0 unspecified atom stereocenters. The number of methoxy groups -OCH3 is 1. The van der Waals surface area contributed by atoms with E-state index in [-0.39, 0.29) is 23.7 Å². The predicted octanol–water partition coefficient (Wildman–Crippen LogP) is 5.09. The number of fused-ring (bicyclic) bond motifs is 1. The molecule has 4 rings (SSSR count). The smallest absolute Gasteiger partial charge is 0.354 e. The molecule has 6 N–H and O–H groups in total. The highest BCUT2D eigenvalue weighted by Crippen LogP contribution is 2.31. The van der Waals surface area contributed by atoms with Crippen LogP contribution in [0.4, 0.5) is 4.39 Å². The minimum Gasteiger partial charge on any atom is -0.377 e. The van der Waals surface area contributed by atoms with Gasteiger partial charge in [-0.25, -0.2) is 9.18 Å². The Labute approximate surface area is 255 Å². The van der Waals surface area contributed by atoms with Crippen molar-refractivity contribution in [3.63, 3.8) is 0 Å². The lowest BCUT2D eigenvalue weighted by Gasteiger charge is -2.16. The monoisotopic (exact) mass is 607 g/mol. The molecule has 4 aromatic rings. The Bertz CT molecular complexity index is 1610. The Hall–Kier alpha value is -3.83. The second-order valence-corrected chi connectivity index (χ2v) is 11.1. The molecule has 2 aromatic carbocycles. The summed E-state index contributed by atoms with van der Waals surface area (Å²) in [5.74, 6) is -0.182. The Kier molecular flexibility index (Phi) is 11.2. The molecule has 0 aliphatic heterocycles. The molecule has 0 amide bonds. The highest BCUT2D eigenvalue weighted by molar-refractivity contribution is 6.31. The number of aromatic nitrogens is 3. The number of H-pyrrole nitrogens is 1. The van der Waals surface area contributed by atoms with Gasteiger partial charge in [0, 0.05) is 49.4 Å². The molecule has 0 radical (unpaired) electrons. The van der Waals surface area contributed by atoms with Gasteiger partial charge in [0.05, 0.1) is 16.4 Å². The Morgan fingerprint density at radius 1 is 1.26 bits per heavy atom. The van der Waals surface area contributed by atoms with Gasteiger partial charge in [0.1, 0.15) is 18.1 Å². The first-order valence-corrected chi connectivity index (χ1v) is 14.7. The molecule has 0 aliphatic carbocycles. The summed E-state index contributed by atoms with van der Waals surface area (Å²) >= 11 is 6.24. The molecule has 43 heavy (non-hydrogen) atoms. The van der Waals surface area contributed by atoms with Gasteiger partial charge in [0.2, 0.25) is 0 Å². The highest BCUT2D eigenvalue weighted by atomic mass is 35.5. The number of aromatic amines is 1.